The van der Waals surface area contributed by atoms with E-state index in [1.54, 1.807) is 0 Å². The maximum Gasteiger partial charge on any atom is 2.00 e. The van der Waals surface area contributed by atoms with E-state index in [1.807, 2.05) is 0 Å². The number of nitrogens with two attached hydrogens (primary N) is 1. The molecule has 1 aromatic rings. The Morgan fingerprint density at radius 1 is 1.40 bits per heavy atom. The molecule has 0 bridgehead atoms. The van der Waals surface area contributed by atoms with Crippen LogP contribution in [0.5, 0.6) is 0 Å². The molecule has 0 aliphatic heterocycles. The van der Waals surface area contributed by atoms with Crippen molar-refractivity contribution >= 4 is 17.8 Å². The van der Waals surface area contributed by atoms with E-state index in [0.717, 1.165) is 0 Å². The number of hydrogen-bond acceptors (Lipinski definition) is 5. The first-order valence-electron chi connectivity index (χ1n) is 5.37. The summed E-state index contributed by atoms with van der Waals surface area (Å²) in [5, 5.41) is 15.8. The van der Waals surface area contributed by atoms with Gasteiger partial charge < -0.3 is 36.0 Å². The van der Waals surface area contributed by atoms with E-state index in [0.29, 0.717) is 5.69 Å². The summed E-state index contributed by atoms with van der Waals surface area (Å²) in [6.07, 6.45) is 2.84. The molecule has 0 aromatic carbocycles. The average Bonchev–Trinajstić information content (AvgIpc) is 2.87. The number of aromatic nitrogens is 2. The number of imidazole rings is 1. The van der Waals surface area contributed by atoms with E-state index < -0.39 is 30.4 Å². The van der Waals surface area contributed by atoms with E-state index in [9.17, 15) is 14.4 Å². The van der Waals surface area contributed by atoms with Gasteiger partial charge in [-0.1, -0.05) is 6.54 Å². The Kier molecular flexibility index (Phi) is 8.21. The van der Waals surface area contributed by atoms with Gasteiger partial charge in [-0.3, -0.25) is 4.79 Å². The number of nitrogens with one attached hydrogen (secondary N) is 1. The molecule has 1 atom stereocenters. The predicted molar refractivity (Wildman–Crippen MR) is 64.4 cm³/mol. The van der Waals surface area contributed by atoms with Gasteiger partial charge in [0.2, 0.25) is 0 Å². The molecule has 2 amide bonds. The number of nitrogens with zero attached hydrogens (tertiary/aromatic N) is 3. The summed E-state index contributed by atoms with van der Waals surface area (Å²) in [7, 11) is 0. The standard InChI is InChI=1S/C10H15N5O4.Cu/c11-2-8(16)13-4-9(17)15-7(10(18)19)1-6-3-12-5-14-6;/h3,5,7H,1-2,4,11H2,(H4,12,13,14,15,16,17,18,19);/q;+2/p-2/t7-;/m0./s1. The quantitative estimate of drug-likeness (QED) is 0.554. The average molecular weight is 331 g/mol. The molecule has 0 saturated heterocycles. The van der Waals surface area contributed by atoms with Crippen LogP contribution in [-0.4, -0.2) is 52.0 Å². The van der Waals surface area contributed by atoms with Crippen LogP contribution in [0, 0.1) is 0 Å². The first-order chi connectivity index (χ1) is 9.02. The van der Waals surface area contributed by atoms with Gasteiger partial charge in [0.15, 0.2) is 0 Å². The minimum atomic E-state index is -1.24. The second kappa shape index (κ2) is 9.07. The van der Waals surface area contributed by atoms with Gasteiger partial charge in [0, 0.05) is 24.3 Å². The van der Waals surface area contributed by atoms with Crippen molar-refractivity contribution < 1.29 is 36.6 Å². The molecule has 1 heterocycles. The molecular formula is C10H13CuN5O4. The SMILES string of the molecule is NCC(=O)[N-]CC(=O)[N-][C@@H](Cc1cnc[nH]1)C(=O)O.[Cu+2]. The molecule has 0 fully saturated rings. The van der Waals surface area contributed by atoms with Crippen molar-refractivity contribution in [2.24, 2.45) is 5.73 Å². The van der Waals surface area contributed by atoms with Crippen molar-refractivity contribution in [1.29, 1.82) is 0 Å². The van der Waals surface area contributed by atoms with Gasteiger partial charge in [-0.2, -0.15) is 0 Å². The first kappa shape index (κ1) is 18.1. The number of hydrogen-bond donors (Lipinski definition) is 3. The number of H-pyrrole nitrogens is 1. The zero-order valence-electron chi connectivity index (χ0n) is 10.2. The van der Waals surface area contributed by atoms with Gasteiger partial charge in [0.1, 0.15) is 0 Å². The number of aromatic amines is 1. The maximum atomic E-state index is 11.4. The molecule has 4 N–H and O–H groups in total. The van der Waals surface area contributed by atoms with Crippen LogP contribution in [0.25, 0.3) is 10.6 Å². The van der Waals surface area contributed by atoms with Crippen LogP contribution in [0.15, 0.2) is 12.5 Å². The number of amides is 2. The number of aliphatic carboxylic acids is 1. The Labute approximate surface area is 125 Å². The molecule has 0 spiro atoms. The Balaban J connectivity index is 0.00000361. The van der Waals surface area contributed by atoms with E-state index in [1.165, 1.54) is 12.5 Å². The van der Waals surface area contributed by atoms with Gasteiger partial charge in [0.25, 0.3) is 5.97 Å². The van der Waals surface area contributed by atoms with Crippen molar-refractivity contribution in [1.82, 2.24) is 9.97 Å². The number of rotatable bonds is 7. The monoisotopic (exact) mass is 330 g/mol. The Morgan fingerprint density at radius 2 is 2.10 bits per heavy atom. The summed E-state index contributed by atoms with van der Waals surface area (Å²) in [4.78, 5) is 39.5. The van der Waals surface area contributed by atoms with Gasteiger partial charge in [-0.25, -0.2) is 4.98 Å². The summed E-state index contributed by atoms with van der Waals surface area (Å²) in [5.74, 6) is -2.66. The van der Waals surface area contributed by atoms with Crippen LogP contribution in [0.2, 0.25) is 0 Å². The van der Waals surface area contributed by atoms with E-state index >= 15 is 0 Å². The third-order valence-corrected chi connectivity index (χ3v) is 2.12. The van der Waals surface area contributed by atoms with E-state index in [2.05, 4.69) is 20.6 Å². The molecule has 20 heavy (non-hydrogen) atoms. The smallest absolute Gasteiger partial charge is 0.648 e. The molecule has 1 rings (SSSR count). The fraction of sp³-hybridized carbons (Fsp3) is 0.400. The minimum Gasteiger partial charge on any atom is -0.648 e. The minimum absolute atomic E-state index is 0. The Bertz CT molecular complexity index is 451. The summed E-state index contributed by atoms with van der Waals surface area (Å²) >= 11 is 0. The van der Waals surface area contributed by atoms with Crippen LogP contribution < -0.4 is 5.73 Å². The van der Waals surface area contributed by atoms with Gasteiger partial charge >= 0.3 is 17.1 Å². The van der Waals surface area contributed by atoms with Crippen LogP contribution in [0.3, 0.4) is 0 Å². The zero-order chi connectivity index (χ0) is 14.3. The second-order valence-electron chi connectivity index (χ2n) is 3.57. The van der Waals surface area contributed by atoms with Crippen LogP contribution >= 0.6 is 0 Å². The predicted octanol–water partition coefficient (Wildman–Crippen LogP) is -0.838. The number of carbonyl (C=O) groups is 3. The number of carbonyl (C=O) groups excluding carboxylic acids is 2. The van der Waals surface area contributed by atoms with Crippen LogP contribution in [0.4, 0.5) is 0 Å². The second-order valence-corrected chi connectivity index (χ2v) is 3.57. The third kappa shape index (κ3) is 6.32. The van der Waals surface area contributed by atoms with Crippen molar-refractivity contribution in [3.05, 3.63) is 28.9 Å². The maximum absolute atomic E-state index is 11.4. The van der Waals surface area contributed by atoms with Crippen molar-refractivity contribution in [2.45, 2.75) is 12.5 Å². The Morgan fingerprint density at radius 3 is 2.60 bits per heavy atom. The Hall–Kier alpha value is -1.90. The first-order valence-corrected chi connectivity index (χ1v) is 5.37. The largest absolute Gasteiger partial charge is 2.00 e. The van der Waals surface area contributed by atoms with Crippen molar-refractivity contribution in [3.8, 4) is 0 Å². The summed E-state index contributed by atoms with van der Waals surface area (Å²) in [6.45, 7) is -0.799. The van der Waals surface area contributed by atoms with E-state index in [4.69, 9.17) is 10.8 Å². The van der Waals surface area contributed by atoms with Crippen LogP contribution in [0.1, 0.15) is 5.69 Å². The molecule has 0 saturated carbocycles. The van der Waals surface area contributed by atoms with Gasteiger partial charge in [0.05, 0.1) is 12.2 Å². The summed E-state index contributed by atoms with van der Waals surface area (Å²) in [5.41, 5.74) is 5.55. The molecule has 1 aromatic heterocycles. The molecule has 9 nitrogen and oxygen atoms in total. The molecule has 10 heteroatoms. The van der Waals surface area contributed by atoms with Gasteiger partial charge in [-0.15, -0.1) is 0 Å². The molecule has 0 aliphatic rings. The summed E-state index contributed by atoms with van der Waals surface area (Å²) in [6, 6.07) is -1.24. The van der Waals surface area contributed by atoms with E-state index in [-0.39, 0.29) is 30.0 Å². The number of carboxylic acids is 1. The molecule has 0 unspecified atom stereocenters. The zero-order valence-corrected chi connectivity index (χ0v) is 11.2. The molecule has 1 radical (unpaired) electrons. The van der Waals surface area contributed by atoms with Crippen molar-refractivity contribution in [2.75, 3.05) is 13.1 Å². The summed E-state index contributed by atoms with van der Waals surface area (Å²) < 4.78 is 0. The topological polar surface area (TPSA) is 154 Å². The van der Waals surface area contributed by atoms with Crippen molar-refractivity contribution in [3.63, 3.8) is 0 Å². The molecule has 0 aliphatic carbocycles. The molecular weight excluding hydrogens is 318 g/mol. The number of carboxylic acid groups (broad SMARTS) is 1. The fourth-order valence-corrected chi connectivity index (χ4v) is 1.23. The van der Waals surface area contributed by atoms with Crippen LogP contribution in [-0.2, 0) is 37.9 Å². The molecule has 113 valence electrons. The van der Waals surface area contributed by atoms with Gasteiger partial charge in [-0.05, 0) is 12.5 Å². The third-order valence-electron chi connectivity index (χ3n) is 2.12. The normalized spacial score (nSPS) is 11.1. The fourth-order valence-electron chi connectivity index (χ4n) is 1.23.